The lowest BCUT2D eigenvalue weighted by Gasteiger charge is -2.29. The second-order valence-corrected chi connectivity index (χ2v) is 5.11. The predicted octanol–water partition coefficient (Wildman–Crippen LogP) is 2.80. The summed E-state index contributed by atoms with van der Waals surface area (Å²) in [6.07, 6.45) is 0. The molecule has 4 heteroatoms. The molecule has 0 unspecified atom stereocenters. The van der Waals surface area contributed by atoms with Crippen LogP contribution in [-0.4, -0.2) is 37.9 Å². The molecular weight excluding hydrogens is 242 g/mol. The van der Waals surface area contributed by atoms with E-state index in [0.717, 1.165) is 17.8 Å². The lowest BCUT2D eigenvalue weighted by Crippen LogP contribution is -2.32. The number of aromatic carboxylic acids is 1. The van der Waals surface area contributed by atoms with Crippen molar-refractivity contribution in [3.05, 3.63) is 29.3 Å². The Morgan fingerprint density at radius 3 is 2.63 bits per heavy atom. The molecule has 0 aliphatic rings. The number of aryl methyl sites for hydroxylation is 1. The normalized spacial score (nSPS) is 10.8. The van der Waals surface area contributed by atoms with E-state index in [1.165, 1.54) is 0 Å². The van der Waals surface area contributed by atoms with Crippen molar-refractivity contribution in [1.29, 1.82) is 0 Å². The molecule has 0 spiro atoms. The van der Waals surface area contributed by atoms with Gasteiger partial charge in [0.15, 0.2) is 0 Å². The van der Waals surface area contributed by atoms with Gasteiger partial charge < -0.3 is 14.7 Å². The minimum Gasteiger partial charge on any atom is -0.478 e. The van der Waals surface area contributed by atoms with Crippen LogP contribution in [0.1, 0.15) is 29.8 Å². The van der Waals surface area contributed by atoms with E-state index in [9.17, 15) is 9.90 Å². The van der Waals surface area contributed by atoms with E-state index in [2.05, 4.69) is 18.7 Å². The Labute approximate surface area is 115 Å². The summed E-state index contributed by atoms with van der Waals surface area (Å²) in [6.45, 7) is 8.29. The van der Waals surface area contributed by atoms with Crippen LogP contribution in [0.5, 0.6) is 0 Å². The van der Waals surface area contributed by atoms with E-state index >= 15 is 0 Å². The van der Waals surface area contributed by atoms with E-state index in [0.29, 0.717) is 24.6 Å². The van der Waals surface area contributed by atoms with E-state index in [1.807, 2.05) is 13.0 Å². The number of benzene rings is 1. The summed E-state index contributed by atoms with van der Waals surface area (Å²) in [5.41, 5.74) is 2.15. The monoisotopic (exact) mass is 265 g/mol. The molecule has 0 radical (unpaired) electrons. The molecule has 0 saturated heterocycles. The molecule has 106 valence electrons. The van der Waals surface area contributed by atoms with Gasteiger partial charge in [-0.3, -0.25) is 0 Å². The molecule has 1 aromatic carbocycles. The first-order valence-electron chi connectivity index (χ1n) is 6.54. The van der Waals surface area contributed by atoms with Gasteiger partial charge in [-0.2, -0.15) is 0 Å². The topological polar surface area (TPSA) is 49.8 Å². The van der Waals surface area contributed by atoms with Gasteiger partial charge in [-0.25, -0.2) is 4.79 Å². The number of nitrogens with zero attached hydrogens (tertiary/aromatic N) is 1. The van der Waals surface area contributed by atoms with E-state index in [4.69, 9.17) is 4.74 Å². The number of hydrogen-bond acceptors (Lipinski definition) is 3. The van der Waals surface area contributed by atoms with Gasteiger partial charge in [0.05, 0.1) is 17.9 Å². The van der Waals surface area contributed by atoms with Crippen LogP contribution in [0.25, 0.3) is 0 Å². The Balaban J connectivity index is 3.15. The molecule has 1 N–H and O–H groups in total. The third-order valence-corrected chi connectivity index (χ3v) is 2.94. The third-order valence-electron chi connectivity index (χ3n) is 2.94. The summed E-state index contributed by atoms with van der Waals surface area (Å²) in [5, 5.41) is 9.34. The maximum absolute atomic E-state index is 11.4. The minimum absolute atomic E-state index is 0.358. The molecule has 0 aliphatic carbocycles. The molecule has 0 saturated carbocycles. The van der Waals surface area contributed by atoms with Gasteiger partial charge in [0.1, 0.15) is 0 Å². The van der Waals surface area contributed by atoms with Gasteiger partial charge in [0.2, 0.25) is 0 Å². The molecule has 0 atom stereocenters. The highest BCUT2D eigenvalue weighted by Gasteiger charge is 2.18. The fraction of sp³-hybridized carbons (Fsp3) is 0.533. The van der Waals surface area contributed by atoms with Crippen molar-refractivity contribution in [3.63, 3.8) is 0 Å². The van der Waals surface area contributed by atoms with Crippen LogP contribution in [0.3, 0.4) is 0 Å². The highest BCUT2D eigenvalue weighted by Crippen LogP contribution is 2.26. The molecule has 0 aromatic heterocycles. The lowest BCUT2D eigenvalue weighted by atomic mass is 10.1. The van der Waals surface area contributed by atoms with Crippen LogP contribution in [0.4, 0.5) is 5.69 Å². The van der Waals surface area contributed by atoms with Crippen LogP contribution < -0.4 is 4.90 Å². The molecule has 0 fully saturated rings. The molecule has 0 bridgehead atoms. The average Bonchev–Trinajstić information content (AvgIpc) is 2.33. The number of methoxy groups -OCH3 is 1. The van der Waals surface area contributed by atoms with Gasteiger partial charge in [0.25, 0.3) is 0 Å². The van der Waals surface area contributed by atoms with Crippen molar-refractivity contribution < 1.29 is 14.6 Å². The van der Waals surface area contributed by atoms with Crippen LogP contribution >= 0.6 is 0 Å². The Bertz CT molecular complexity index is 429. The Hall–Kier alpha value is -1.55. The molecule has 4 nitrogen and oxygen atoms in total. The van der Waals surface area contributed by atoms with E-state index in [-0.39, 0.29) is 0 Å². The van der Waals surface area contributed by atoms with Gasteiger partial charge in [-0.15, -0.1) is 0 Å². The van der Waals surface area contributed by atoms with Crippen molar-refractivity contribution in [2.24, 2.45) is 5.92 Å². The van der Waals surface area contributed by atoms with Crippen molar-refractivity contribution >= 4 is 11.7 Å². The number of ether oxygens (including phenoxy) is 1. The second-order valence-electron chi connectivity index (χ2n) is 5.11. The first-order chi connectivity index (χ1) is 8.97. The maximum atomic E-state index is 11.4. The quantitative estimate of drug-likeness (QED) is 0.823. The maximum Gasteiger partial charge on any atom is 0.337 e. The summed E-state index contributed by atoms with van der Waals surface area (Å²) >= 11 is 0. The predicted molar refractivity (Wildman–Crippen MR) is 77.1 cm³/mol. The number of rotatable bonds is 7. The first-order valence-corrected chi connectivity index (χ1v) is 6.54. The number of carbonyl (C=O) groups is 1. The van der Waals surface area contributed by atoms with Crippen LogP contribution in [0, 0.1) is 12.8 Å². The lowest BCUT2D eigenvalue weighted by molar-refractivity contribution is 0.0697. The fourth-order valence-corrected chi connectivity index (χ4v) is 2.19. The second kappa shape index (κ2) is 7.14. The third kappa shape index (κ3) is 4.24. The summed E-state index contributed by atoms with van der Waals surface area (Å²) < 4.78 is 5.13. The summed E-state index contributed by atoms with van der Waals surface area (Å²) in [4.78, 5) is 13.5. The zero-order valence-corrected chi connectivity index (χ0v) is 12.1. The summed E-state index contributed by atoms with van der Waals surface area (Å²) in [7, 11) is 1.66. The van der Waals surface area contributed by atoms with Gasteiger partial charge >= 0.3 is 5.97 Å². The van der Waals surface area contributed by atoms with Crippen molar-refractivity contribution in [2.75, 3.05) is 31.7 Å². The number of carboxylic acids is 1. The molecule has 1 aromatic rings. The molecule has 0 amide bonds. The smallest absolute Gasteiger partial charge is 0.337 e. The van der Waals surface area contributed by atoms with Crippen molar-refractivity contribution in [1.82, 2.24) is 0 Å². The number of hydrogen-bond donors (Lipinski definition) is 1. The average molecular weight is 265 g/mol. The van der Waals surface area contributed by atoms with Crippen LogP contribution in [0.2, 0.25) is 0 Å². The first kappa shape index (κ1) is 15.5. The molecule has 1 rings (SSSR count). The Morgan fingerprint density at radius 2 is 2.11 bits per heavy atom. The Kier molecular flexibility index (Phi) is 5.83. The van der Waals surface area contributed by atoms with E-state index < -0.39 is 5.97 Å². The summed E-state index contributed by atoms with van der Waals surface area (Å²) in [5.74, 6) is -0.428. The zero-order chi connectivity index (χ0) is 14.4. The molecule has 0 aliphatic heterocycles. The van der Waals surface area contributed by atoms with Gasteiger partial charge in [-0.1, -0.05) is 26.0 Å². The van der Waals surface area contributed by atoms with Crippen molar-refractivity contribution in [2.45, 2.75) is 20.8 Å². The number of carboxylic acid groups (broad SMARTS) is 1. The minimum atomic E-state index is -0.884. The number of anilines is 1. The fourth-order valence-electron chi connectivity index (χ4n) is 2.19. The van der Waals surface area contributed by atoms with Crippen LogP contribution in [-0.2, 0) is 4.74 Å². The van der Waals surface area contributed by atoms with Crippen LogP contribution in [0.15, 0.2) is 18.2 Å². The van der Waals surface area contributed by atoms with Gasteiger partial charge in [-0.05, 0) is 24.5 Å². The van der Waals surface area contributed by atoms with E-state index in [1.54, 1.807) is 19.2 Å². The van der Waals surface area contributed by atoms with Crippen molar-refractivity contribution in [3.8, 4) is 0 Å². The zero-order valence-electron chi connectivity index (χ0n) is 12.1. The number of para-hydroxylation sites is 1. The molecule has 19 heavy (non-hydrogen) atoms. The highest BCUT2D eigenvalue weighted by molar-refractivity contribution is 5.95. The summed E-state index contributed by atoms with van der Waals surface area (Å²) in [6, 6.07) is 5.39. The molecular formula is C15H23NO3. The Morgan fingerprint density at radius 1 is 1.42 bits per heavy atom. The largest absolute Gasteiger partial charge is 0.478 e. The highest BCUT2D eigenvalue weighted by atomic mass is 16.5. The standard InChI is InChI=1S/C15H23NO3/c1-11(2)10-16(8-9-19-4)14-12(3)6-5-7-13(14)15(17)18/h5-7,11H,8-10H2,1-4H3,(H,17,18). The molecule has 0 heterocycles. The SMILES string of the molecule is COCCN(CC(C)C)c1c(C)cccc1C(=O)O. The van der Waals surface area contributed by atoms with Gasteiger partial charge in [0, 0.05) is 20.2 Å².